The van der Waals surface area contributed by atoms with E-state index in [0.717, 1.165) is 25.0 Å². The van der Waals surface area contributed by atoms with Crippen molar-refractivity contribution < 1.29 is 18.0 Å². The minimum absolute atomic E-state index is 0.0432. The van der Waals surface area contributed by atoms with E-state index in [2.05, 4.69) is 0 Å². The van der Waals surface area contributed by atoms with Crippen LogP contribution in [-0.4, -0.2) is 29.9 Å². The Morgan fingerprint density at radius 3 is 2.55 bits per heavy atom. The van der Waals surface area contributed by atoms with Crippen molar-refractivity contribution in [3.05, 3.63) is 35.4 Å². The van der Waals surface area contributed by atoms with Crippen LogP contribution < -0.4 is 5.73 Å². The second-order valence-corrected chi connectivity index (χ2v) is 5.97. The Kier molecular flexibility index (Phi) is 5.11. The topological polar surface area (TPSA) is 46.3 Å². The highest BCUT2D eigenvalue weighted by Crippen LogP contribution is 2.29. The van der Waals surface area contributed by atoms with Gasteiger partial charge in [-0.1, -0.05) is 12.1 Å². The SMILES string of the molecule is C[C@@H](N)[C@@H]1CCCN(C(=O)Cc2ccc(C(F)(F)F)cc2)C1. The zero-order valence-electron chi connectivity index (χ0n) is 12.6. The van der Waals surface area contributed by atoms with E-state index in [-0.39, 0.29) is 18.4 Å². The molecule has 0 spiro atoms. The van der Waals surface area contributed by atoms with E-state index in [0.29, 0.717) is 24.6 Å². The second-order valence-electron chi connectivity index (χ2n) is 5.97. The lowest BCUT2D eigenvalue weighted by Gasteiger charge is -2.34. The first-order chi connectivity index (χ1) is 10.3. The van der Waals surface area contributed by atoms with Gasteiger partial charge in [0.05, 0.1) is 12.0 Å². The molecular formula is C16H21F3N2O. The van der Waals surface area contributed by atoms with Gasteiger partial charge in [0, 0.05) is 19.1 Å². The maximum absolute atomic E-state index is 12.5. The predicted octanol–water partition coefficient (Wildman–Crippen LogP) is 2.83. The van der Waals surface area contributed by atoms with Gasteiger partial charge in [-0.2, -0.15) is 13.2 Å². The van der Waals surface area contributed by atoms with Crippen molar-refractivity contribution >= 4 is 5.91 Å². The molecule has 0 radical (unpaired) electrons. The van der Waals surface area contributed by atoms with Gasteiger partial charge in [-0.25, -0.2) is 0 Å². The van der Waals surface area contributed by atoms with Crippen LogP contribution in [-0.2, 0) is 17.4 Å². The van der Waals surface area contributed by atoms with Gasteiger partial charge in [-0.05, 0) is 43.4 Å². The summed E-state index contributed by atoms with van der Waals surface area (Å²) in [6, 6.07) is 4.82. The van der Waals surface area contributed by atoms with Crippen LogP contribution >= 0.6 is 0 Å². The number of piperidine rings is 1. The molecule has 1 aliphatic heterocycles. The Morgan fingerprint density at radius 2 is 2.00 bits per heavy atom. The Morgan fingerprint density at radius 1 is 1.36 bits per heavy atom. The van der Waals surface area contributed by atoms with Crippen molar-refractivity contribution in [2.24, 2.45) is 11.7 Å². The highest BCUT2D eigenvalue weighted by Gasteiger charge is 2.30. The molecule has 0 unspecified atom stereocenters. The molecule has 122 valence electrons. The zero-order chi connectivity index (χ0) is 16.3. The molecule has 2 N–H and O–H groups in total. The summed E-state index contributed by atoms with van der Waals surface area (Å²) >= 11 is 0. The fourth-order valence-corrected chi connectivity index (χ4v) is 2.76. The fourth-order valence-electron chi connectivity index (χ4n) is 2.76. The number of benzene rings is 1. The Bertz CT molecular complexity index is 511. The quantitative estimate of drug-likeness (QED) is 0.932. The number of alkyl halides is 3. The largest absolute Gasteiger partial charge is 0.416 e. The van der Waals surface area contributed by atoms with Gasteiger partial charge >= 0.3 is 6.18 Å². The monoisotopic (exact) mass is 314 g/mol. The average Bonchev–Trinajstić information content (AvgIpc) is 2.47. The lowest BCUT2D eigenvalue weighted by atomic mass is 9.92. The zero-order valence-corrected chi connectivity index (χ0v) is 12.6. The number of halogens is 3. The molecule has 2 atom stereocenters. The van der Waals surface area contributed by atoms with E-state index in [4.69, 9.17) is 5.73 Å². The molecule has 0 aromatic heterocycles. The first-order valence-electron chi connectivity index (χ1n) is 7.47. The Hall–Kier alpha value is -1.56. The standard InChI is InChI=1S/C16H21F3N2O/c1-11(20)13-3-2-8-21(10-13)15(22)9-12-4-6-14(7-5-12)16(17,18)19/h4-7,11,13H,2-3,8-10,20H2,1H3/t11-,13-/m1/s1. The molecule has 1 amide bonds. The predicted molar refractivity (Wildman–Crippen MR) is 78.1 cm³/mol. The summed E-state index contributed by atoms with van der Waals surface area (Å²) in [4.78, 5) is 14.1. The lowest BCUT2D eigenvalue weighted by molar-refractivity contribution is -0.137. The maximum atomic E-state index is 12.5. The summed E-state index contributed by atoms with van der Waals surface area (Å²) in [5.74, 6) is 0.246. The van der Waals surface area contributed by atoms with Crippen LogP contribution in [0.1, 0.15) is 30.9 Å². The summed E-state index contributed by atoms with van der Waals surface area (Å²) in [5.41, 5.74) is 5.80. The summed E-state index contributed by atoms with van der Waals surface area (Å²) in [7, 11) is 0. The third kappa shape index (κ3) is 4.22. The smallest absolute Gasteiger partial charge is 0.342 e. The number of hydrogen-bond donors (Lipinski definition) is 1. The maximum Gasteiger partial charge on any atom is 0.416 e. The van der Waals surface area contributed by atoms with Crippen molar-refractivity contribution in [2.45, 2.75) is 38.4 Å². The number of nitrogens with zero attached hydrogens (tertiary/aromatic N) is 1. The molecule has 3 nitrogen and oxygen atoms in total. The van der Waals surface area contributed by atoms with E-state index in [1.54, 1.807) is 4.90 Å². The number of hydrogen-bond acceptors (Lipinski definition) is 2. The van der Waals surface area contributed by atoms with E-state index < -0.39 is 11.7 Å². The van der Waals surface area contributed by atoms with E-state index in [9.17, 15) is 18.0 Å². The van der Waals surface area contributed by atoms with Gasteiger partial charge in [0.15, 0.2) is 0 Å². The second kappa shape index (κ2) is 6.69. The fraction of sp³-hybridized carbons (Fsp3) is 0.562. The lowest BCUT2D eigenvalue weighted by Crippen LogP contribution is -2.45. The average molecular weight is 314 g/mol. The summed E-state index contributed by atoms with van der Waals surface area (Å²) in [6.45, 7) is 3.27. The van der Waals surface area contributed by atoms with Crippen LogP contribution in [0.25, 0.3) is 0 Å². The molecule has 1 heterocycles. The molecule has 2 rings (SSSR count). The molecule has 1 aromatic carbocycles. The van der Waals surface area contributed by atoms with Crippen LogP contribution in [0.2, 0.25) is 0 Å². The van der Waals surface area contributed by atoms with Crippen LogP contribution in [0.5, 0.6) is 0 Å². The molecule has 22 heavy (non-hydrogen) atoms. The normalized spacial score (nSPS) is 20.8. The van der Waals surface area contributed by atoms with E-state index >= 15 is 0 Å². The molecule has 0 aliphatic carbocycles. The number of carbonyl (C=O) groups excluding carboxylic acids is 1. The van der Waals surface area contributed by atoms with Crippen LogP contribution in [0.3, 0.4) is 0 Å². The van der Waals surface area contributed by atoms with Gasteiger partial charge in [0.25, 0.3) is 0 Å². The van der Waals surface area contributed by atoms with Gasteiger partial charge in [-0.3, -0.25) is 4.79 Å². The van der Waals surface area contributed by atoms with Gasteiger partial charge < -0.3 is 10.6 Å². The first kappa shape index (κ1) is 16.8. The first-order valence-corrected chi connectivity index (χ1v) is 7.47. The third-order valence-electron chi connectivity index (χ3n) is 4.19. The number of rotatable bonds is 3. The molecule has 6 heteroatoms. The minimum atomic E-state index is -4.35. The molecule has 1 aliphatic rings. The van der Waals surface area contributed by atoms with Crippen molar-refractivity contribution in [3.63, 3.8) is 0 Å². The summed E-state index contributed by atoms with van der Waals surface area (Å²) in [6.07, 6.45) is -2.28. The Balaban J connectivity index is 1.97. The van der Waals surface area contributed by atoms with E-state index in [1.165, 1.54) is 12.1 Å². The highest BCUT2D eigenvalue weighted by atomic mass is 19.4. The highest BCUT2D eigenvalue weighted by molar-refractivity contribution is 5.78. The van der Waals surface area contributed by atoms with Crippen LogP contribution in [0.15, 0.2) is 24.3 Å². The van der Waals surface area contributed by atoms with Gasteiger partial charge in [0.2, 0.25) is 5.91 Å². The third-order valence-corrected chi connectivity index (χ3v) is 4.19. The number of likely N-dealkylation sites (tertiary alicyclic amines) is 1. The van der Waals surface area contributed by atoms with Crippen molar-refractivity contribution in [1.82, 2.24) is 4.90 Å². The minimum Gasteiger partial charge on any atom is -0.342 e. The van der Waals surface area contributed by atoms with Crippen LogP contribution in [0, 0.1) is 5.92 Å². The number of amides is 1. The van der Waals surface area contributed by atoms with Gasteiger partial charge in [0.1, 0.15) is 0 Å². The van der Waals surface area contributed by atoms with Crippen LogP contribution in [0.4, 0.5) is 13.2 Å². The van der Waals surface area contributed by atoms with Gasteiger partial charge in [-0.15, -0.1) is 0 Å². The molecule has 1 aromatic rings. The van der Waals surface area contributed by atoms with Crippen molar-refractivity contribution in [3.8, 4) is 0 Å². The molecule has 0 saturated carbocycles. The molecule has 1 saturated heterocycles. The molecular weight excluding hydrogens is 293 g/mol. The number of nitrogens with two attached hydrogens (primary N) is 1. The summed E-state index contributed by atoms with van der Waals surface area (Å²) < 4.78 is 37.5. The van der Waals surface area contributed by atoms with Crippen molar-refractivity contribution in [1.29, 1.82) is 0 Å². The molecule has 0 bridgehead atoms. The Labute approximate surface area is 128 Å². The van der Waals surface area contributed by atoms with Crippen molar-refractivity contribution in [2.75, 3.05) is 13.1 Å². The van der Waals surface area contributed by atoms with E-state index in [1.807, 2.05) is 6.92 Å². The summed E-state index contributed by atoms with van der Waals surface area (Å²) in [5, 5.41) is 0. The number of carbonyl (C=O) groups is 1. The molecule has 1 fully saturated rings.